The zero-order valence-electron chi connectivity index (χ0n) is 6.52. The topological polar surface area (TPSA) is 89.6 Å². The highest BCUT2D eigenvalue weighted by Gasteiger charge is 2.24. The molecule has 0 radical (unpaired) electrons. The summed E-state index contributed by atoms with van der Waals surface area (Å²) < 4.78 is 25.8. The Morgan fingerprint density at radius 3 is 2.36 bits per heavy atom. The first-order chi connectivity index (χ1) is 4.89. The van der Waals surface area contributed by atoms with Crippen molar-refractivity contribution < 1.29 is 18.3 Å². The molecule has 0 bridgehead atoms. The number of rotatable bonds is 4. The van der Waals surface area contributed by atoms with Crippen molar-refractivity contribution in [3.05, 3.63) is 0 Å². The van der Waals surface area contributed by atoms with Crippen LogP contribution in [0.4, 0.5) is 0 Å². The summed E-state index contributed by atoms with van der Waals surface area (Å²) in [5.74, 6) is 0. The van der Waals surface area contributed by atoms with E-state index >= 15 is 0 Å². The van der Waals surface area contributed by atoms with E-state index in [4.69, 9.17) is 10.2 Å². The minimum Gasteiger partial charge on any atom is -0.367 e. The molecule has 0 rings (SSSR count). The van der Waals surface area contributed by atoms with Crippen molar-refractivity contribution in [2.24, 2.45) is 5.14 Å². The second-order valence-corrected chi connectivity index (χ2v) is 4.06. The third-order valence-corrected chi connectivity index (χ3v) is 2.53. The molecule has 0 saturated carbocycles. The average Bonchev–Trinajstić information content (AvgIpc) is 1.85. The van der Waals surface area contributed by atoms with Gasteiger partial charge in [-0.05, 0) is 13.8 Å². The lowest BCUT2D eigenvalue weighted by Gasteiger charge is -2.15. The van der Waals surface area contributed by atoms with Gasteiger partial charge in [-0.2, -0.15) is 0 Å². The van der Waals surface area contributed by atoms with Crippen molar-refractivity contribution in [3.63, 3.8) is 0 Å². The zero-order chi connectivity index (χ0) is 9.07. The SMILES string of the molecule is CCO[C@H](O)[C@H](C)S(N)(=O)=O. The molecule has 68 valence electrons. The third kappa shape index (κ3) is 3.66. The van der Waals surface area contributed by atoms with E-state index in [1.807, 2.05) is 0 Å². The van der Waals surface area contributed by atoms with Crippen LogP contribution in [0.2, 0.25) is 0 Å². The van der Waals surface area contributed by atoms with Gasteiger partial charge in [0.1, 0.15) is 5.25 Å². The fourth-order valence-electron chi connectivity index (χ4n) is 0.469. The van der Waals surface area contributed by atoms with Crippen LogP contribution in [0.25, 0.3) is 0 Å². The molecule has 0 fully saturated rings. The summed E-state index contributed by atoms with van der Waals surface area (Å²) in [4.78, 5) is 0. The number of primary sulfonamides is 1. The first-order valence-electron chi connectivity index (χ1n) is 3.21. The number of hydrogen-bond donors (Lipinski definition) is 2. The van der Waals surface area contributed by atoms with Crippen LogP contribution in [0.15, 0.2) is 0 Å². The maximum absolute atomic E-state index is 10.6. The second kappa shape index (κ2) is 4.01. The van der Waals surface area contributed by atoms with Gasteiger partial charge >= 0.3 is 0 Å². The molecule has 0 aliphatic heterocycles. The molecule has 0 unspecified atom stereocenters. The highest BCUT2D eigenvalue weighted by atomic mass is 32.2. The average molecular weight is 183 g/mol. The number of aliphatic hydroxyl groups excluding tert-OH is 1. The molecular weight excluding hydrogens is 170 g/mol. The molecule has 0 heterocycles. The van der Waals surface area contributed by atoms with Gasteiger partial charge in [0.15, 0.2) is 6.29 Å². The van der Waals surface area contributed by atoms with Gasteiger partial charge in [0.2, 0.25) is 10.0 Å². The van der Waals surface area contributed by atoms with Crippen molar-refractivity contribution in [2.45, 2.75) is 25.4 Å². The van der Waals surface area contributed by atoms with Gasteiger partial charge in [-0.25, -0.2) is 13.6 Å². The fraction of sp³-hybridized carbons (Fsp3) is 1.00. The number of ether oxygens (including phenoxy) is 1. The molecule has 0 aromatic heterocycles. The van der Waals surface area contributed by atoms with E-state index in [1.165, 1.54) is 6.92 Å². The molecule has 0 aliphatic rings. The fourth-order valence-corrected chi connectivity index (χ4v) is 0.872. The Bertz CT molecular complexity index is 201. The van der Waals surface area contributed by atoms with Crippen molar-refractivity contribution in [3.8, 4) is 0 Å². The summed E-state index contributed by atoms with van der Waals surface area (Å²) in [6.45, 7) is 3.19. The number of nitrogens with two attached hydrogens (primary N) is 1. The Morgan fingerprint density at radius 2 is 2.09 bits per heavy atom. The van der Waals surface area contributed by atoms with Gasteiger partial charge in [0.25, 0.3) is 0 Å². The van der Waals surface area contributed by atoms with Crippen molar-refractivity contribution >= 4 is 10.0 Å². The molecule has 2 atom stereocenters. The summed E-state index contributed by atoms with van der Waals surface area (Å²) in [6.07, 6.45) is -1.34. The summed E-state index contributed by atoms with van der Waals surface area (Å²) >= 11 is 0. The summed E-state index contributed by atoms with van der Waals surface area (Å²) in [5.41, 5.74) is 0. The lowest BCUT2D eigenvalue weighted by Crippen LogP contribution is -2.37. The number of aliphatic hydroxyl groups is 1. The molecule has 6 heteroatoms. The van der Waals surface area contributed by atoms with Gasteiger partial charge in [-0.1, -0.05) is 0 Å². The Hall–Kier alpha value is -0.170. The van der Waals surface area contributed by atoms with E-state index in [0.717, 1.165) is 0 Å². The second-order valence-electron chi connectivity index (χ2n) is 2.14. The van der Waals surface area contributed by atoms with Crippen LogP contribution in [-0.4, -0.2) is 31.7 Å². The van der Waals surface area contributed by atoms with Crippen LogP contribution in [0.3, 0.4) is 0 Å². The molecular formula is C5H13NO4S. The highest BCUT2D eigenvalue weighted by molar-refractivity contribution is 7.89. The largest absolute Gasteiger partial charge is 0.367 e. The van der Waals surface area contributed by atoms with E-state index in [9.17, 15) is 8.42 Å². The molecule has 0 spiro atoms. The molecule has 0 aromatic rings. The molecule has 11 heavy (non-hydrogen) atoms. The van der Waals surface area contributed by atoms with E-state index in [-0.39, 0.29) is 6.61 Å². The molecule has 0 aliphatic carbocycles. The van der Waals surface area contributed by atoms with Crippen LogP contribution in [0, 0.1) is 0 Å². The van der Waals surface area contributed by atoms with Crippen molar-refractivity contribution in [1.82, 2.24) is 0 Å². The Balaban J connectivity index is 4.14. The van der Waals surface area contributed by atoms with Gasteiger partial charge in [0.05, 0.1) is 0 Å². The van der Waals surface area contributed by atoms with E-state index in [2.05, 4.69) is 4.74 Å². The Labute approximate surface area is 66.2 Å². The Morgan fingerprint density at radius 1 is 1.64 bits per heavy atom. The third-order valence-electron chi connectivity index (χ3n) is 1.26. The summed E-state index contributed by atoms with van der Waals surface area (Å²) in [6, 6.07) is 0. The predicted molar refractivity (Wildman–Crippen MR) is 40.2 cm³/mol. The zero-order valence-corrected chi connectivity index (χ0v) is 7.34. The number of sulfonamides is 1. The van der Waals surface area contributed by atoms with Crippen molar-refractivity contribution in [1.29, 1.82) is 0 Å². The maximum atomic E-state index is 10.6. The molecule has 0 aromatic carbocycles. The molecule has 3 N–H and O–H groups in total. The Kier molecular flexibility index (Phi) is 3.95. The summed E-state index contributed by atoms with van der Waals surface area (Å²) in [7, 11) is -3.70. The monoisotopic (exact) mass is 183 g/mol. The normalized spacial score (nSPS) is 17.8. The van der Waals surface area contributed by atoms with Crippen molar-refractivity contribution in [2.75, 3.05) is 6.61 Å². The minimum atomic E-state index is -3.70. The van der Waals surface area contributed by atoms with Crippen LogP contribution >= 0.6 is 0 Å². The van der Waals surface area contributed by atoms with E-state index in [1.54, 1.807) is 6.92 Å². The summed E-state index contributed by atoms with van der Waals surface area (Å²) in [5, 5.41) is 12.6. The van der Waals surface area contributed by atoms with E-state index < -0.39 is 21.6 Å². The van der Waals surface area contributed by atoms with Crippen LogP contribution in [-0.2, 0) is 14.8 Å². The highest BCUT2D eigenvalue weighted by Crippen LogP contribution is 2.02. The van der Waals surface area contributed by atoms with Gasteiger partial charge < -0.3 is 9.84 Å². The molecule has 5 nitrogen and oxygen atoms in total. The lowest BCUT2D eigenvalue weighted by atomic mass is 10.5. The lowest BCUT2D eigenvalue weighted by molar-refractivity contribution is -0.0926. The molecule has 0 saturated heterocycles. The van der Waals surface area contributed by atoms with Gasteiger partial charge in [-0.3, -0.25) is 0 Å². The van der Waals surface area contributed by atoms with Gasteiger partial charge in [-0.15, -0.1) is 0 Å². The van der Waals surface area contributed by atoms with Crippen LogP contribution in [0.5, 0.6) is 0 Å². The predicted octanol–water partition coefficient (Wildman–Crippen LogP) is -0.982. The van der Waals surface area contributed by atoms with Crippen LogP contribution < -0.4 is 5.14 Å². The maximum Gasteiger partial charge on any atom is 0.216 e. The molecule has 0 amide bonds. The quantitative estimate of drug-likeness (QED) is 0.548. The smallest absolute Gasteiger partial charge is 0.216 e. The standard InChI is InChI=1S/C5H13NO4S/c1-3-10-5(7)4(2)11(6,8)9/h4-5,7H,3H2,1-2H3,(H2,6,8,9)/t4-,5-/m0/s1. The number of hydrogen-bond acceptors (Lipinski definition) is 4. The van der Waals surface area contributed by atoms with Crippen LogP contribution in [0.1, 0.15) is 13.8 Å². The first kappa shape index (κ1) is 10.8. The van der Waals surface area contributed by atoms with E-state index in [0.29, 0.717) is 0 Å². The minimum absolute atomic E-state index is 0.251. The van der Waals surface area contributed by atoms with Gasteiger partial charge in [0, 0.05) is 6.61 Å². The first-order valence-corrected chi connectivity index (χ1v) is 4.81.